The first-order valence-electron chi connectivity index (χ1n) is 24.2. The fourth-order valence-electron chi connectivity index (χ4n) is 9.95. The molecule has 0 spiro atoms. The third kappa shape index (κ3) is 10.2. The predicted molar refractivity (Wildman–Crippen MR) is 262 cm³/mol. The summed E-state index contributed by atoms with van der Waals surface area (Å²) in [6.07, 6.45) is 29.7. The fourth-order valence-corrected chi connectivity index (χ4v) is 9.95. The zero-order chi connectivity index (χ0) is 42.4. The molecule has 0 bridgehead atoms. The summed E-state index contributed by atoms with van der Waals surface area (Å²) in [7, 11) is 2.10. The molecule has 7 aromatic rings. The van der Waals surface area contributed by atoms with E-state index in [1.165, 1.54) is 140 Å². The van der Waals surface area contributed by atoms with E-state index in [0.29, 0.717) is 11.1 Å². The molecule has 0 amide bonds. The van der Waals surface area contributed by atoms with Crippen LogP contribution in [0.3, 0.4) is 0 Å². The standard InChI is InChI=1S/C57H70N2O2/c1-4-6-8-10-12-14-16-18-20-22-28-43-34-38-45(39-35-43)49(42-60)53-48-31-25-27-33-51(48)59-56(53)55-54(47-30-24-26-32-50(47)58(55)3)52(57(59)61)46-40-36-44(37-41-46)29-23-21-19-17-15-13-11-9-7-5-2/h24-27,30-42H,4-23,28-29H2,1-3H3/b53-49+. The van der Waals surface area contributed by atoms with Crippen molar-refractivity contribution in [3.05, 3.63) is 129 Å². The van der Waals surface area contributed by atoms with Crippen LogP contribution in [-0.4, -0.2) is 15.3 Å². The average Bonchev–Trinajstić information content (AvgIpc) is 3.78. The Kier molecular flexibility index (Phi) is 16.1. The smallest absolute Gasteiger partial charge is 0.264 e. The van der Waals surface area contributed by atoms with Crippen LogP contribution in [0.5, 0.6) is 0 Å². The monoisotopic (exact) mass is 815 g/mol. The summed E-state index contributed by atoms with van der Waals surface area (Å²) in [5, 5.41) is 3.72. The number of carbonyl (C=O) groups excluding carboxylic acids is 1. The number of unbranched alkanes of at least 4 members (excludes halogenated alkanes) is 18. The van der Waals surface area contributed by atoms with Crippen molar-refractivity contribution in [2.24, 2.45) is 7.05 Å². The van der Waals surface area contributed by atoms with Crippen molar-refractivity contribution in [1.29, 1.82) is 0 Å². The van der Waals surface area contributed by atoms with Crippen molar-refractivity contribution in [1.82, 2.24) is 8.97 Å². The first-order valence-corrected chi connectivity index (χ1v) is 24.2. The van der Waals surface area contributed by atoms with Crippen LogP contribution >= 0.6 is 0 Å². The van der Waals surface area contributed by atoms with Gasteiger partial charge in [0.15, 0.2) is 6.29 Å². The van der Waals surface area contributed by atoms with Crippen LogP contribution in [0.15, 0.2) is 102 Å². The molecule has 0 saturated carbocycles. The van der Waals surface area contributed by atoms with E-state index in [9.17, 15) is 4.79 Å². The molecule has 4 heteroatoms. The zero-order valence-corrected chi connectivity index (χ0v) is 37.6. The maximum atomic E-state index is 15.3. The molecule has 61 heavy (non-hydrogen) atoms. The minimum absolute atomic E-state index is 0.0548. The van der Waals surface area contributed by atoms with E-state index in [-0.39, 0.29) is 5.56 Å². The van der Waals surface area contributed by atoms with Crippen molar-refractivity contribution in [2.75, 3.05) is 0 Å². The molecule has 0 saturated heterocycles. The number of benzene rings is 4. The lowest BCUT2D eigenvalue weighted by Crippen LogP contribution is -2.19. The second-order valence-corrected chi connectivity index (χ2v) is 17.8. The average molecular weight is 815 g/mol. The summed E-state index contributed by atoms with van der Waals surface area (Å²) in [6.45, 7) is 4.56. The largest absolute Gasteiger partial charge is 0.342 e. The molecule has 4 aromatic carbocycles. The van der Waals surface area contributed by atoms with Crippen molar-refractivity contribution in [3.63, 3.8) is 0 Å². The van der Waals surface area contributed by atoms with E-state index in [2.05, 4.69) is 104 Å². The van der Waals surface area contributed by atoms with Gasteiger partial charge in [0.25, 0.3) is 5.56 Å². The third-order valence-electron chi connectivity index (χ3n) is 13.4. The highest BCUT2D eigenvalue weighted by molar-refractivity contribution is 6.22. The van der Waals surface area contributed by atoms with Crippen LogP contribution in [0, 0.1) is 0 Å². The summed E-state index contributed by atoms with van der Waals surface area (Å²) in [5.41, 5.74) is 9.33. The number of hydrogen-bond donors (Lipinski definition) is 0. The van der Waals surface area contributed by atoms with Gasteiger partial charge in [0.2, 0.25) is 0 Å². The summed E-state index contributed by atoms with van der Waals surface area (Å²) in [6, 6.07) is 33.9. The third-order valence-corrected chi connectivity index (χ3v) is 13.4. The molecule has 4 nitrogen and oxygen atoms in total. The van der Waals surface area contributed by atoms with E-state index in [1.54, 1.807) is 0 Å². The lowest BCUT2D eigenvalue weighted by atomic mass is 9.97. The van der Waals surface area contributed by atoms with Gasteiger partial charge in [0.1, 0.15) is 0 Å². The zero-order valence-electron chi connectivity index (χ0n) is 37.6. The minimum atomic E-state index is -0.0548. The Balaban J connectivity index is 1.19. The molecule has 320 valence electrons. The minimum Gasteiger partial charge on any atom is -0.342 e. The fraction of sp³-hybridized carbons (Fsp3) is 0.439. The lowest BCUT2D eigenvalue weighted by molar-refractivity contribution is -0.103. The van der Waals surface area contributed by atoms with E-state index in [1.807, 2.05) is 22.6 Å². The maximum absolute atomic E-state index is 15.3. The summed E-state index contributed by atoms with van der Waals surface area (Å²) < 4.78 is 4.12. The van der Waals surface area contributed by atoms with Crippen molar-refractivity contribution in [2.45, 2.75) is 155 Å². The van der Waals surface area contributed by atoms with Gasteiger partial charge in [-0.05, 0) is 60.1 Å². The Labute approximate surface area is 365 Å². The number of aldehydes is 1. The van der Waals surface area contributed by atoms with Gasteiger partial charge in [0, 0.05) is 39.5 Å². The number of hydrogen-bond acceptors (Lipinski definition) is 2. The van der Waals surface area contributed by atoms with Gasteiger partial charge >= 0.3 is 0 Å². The Hall–Kier alpha value is -4.96. The quantitative estimate of drug-likeness (QED) is 0.0426. The van der Waals surface area contributed by atoms with Crippen LogP contribution in [0.2, 0.25) is 0 Å². The molecule has 0 unspecified atom stereocenters. The molecule has 3 aromatic heterocycles. The van der Waals surface area contributed by atoms with Crippen LogP contribution < -0.4 is 10.8 Å². The number of rotatable bonds is 25. The molecule has 0 aliphatic carbocycles. The highest BCUT2D eigenvalue weighted by atomic mass is 16.1. The van der Waals surface area contributed by atoms with Gasteiger partial charge in [-0.1, -0.05) is 214 Å². The van der Waals surface area contributed by atoms with Crippen LogP contribution in [0.25, 0.3) is 54.9 Å². The van der Waals surface area contributed by atoms with Crippen molar-refractivity contribution >= 4 is 50.1 Å². The summed E-state index contributed by atoms with van der Waals surface area (Å²) in [5.74, 6) is 0. The number of para-hydroxylation sites is 2. The number of aryl methyl sites for hydroxylation is 3. The Bertz CT molecular complexity index is 2610. The van der Waals surface area contributed by atoms with E-state index >= 15 is 4.79 Å². The first kappa shape index (κ1) is 44.1. The number of carbonyl (C=O) groups is 1. The molecular weight excluding hydrogens is 745 g/mol. The van der Waals surface area contributed by atoms with Crippen molar-refractivity contribution in [3.8, 4) is 11.1 Å². The van der Waals surface area contributed by atoms with Crippen LogP contribution in [-0.2, 0) is 24.7 Å². The van der Waals surface area contributed by atoms with E-state index < -0.39 is 0 Å². The highest BCUT2D eigenvalue weighted by Crippen LogP contribution is 2.37. The number of nitrogens with zero attached hydrogens (tertiary/aromatic N) is 2. The maximum Gasteiger partial charge on any atom is 0.264 e. The molecule has 0 atom stereocenters. The molecule has 0 N–H and O–H groups in total. The van der Waals surface area contributed by atoms with Gasteiger partial charge in [-0.25, -0.2) is 0 Å². The van der Waals surface area contributed by atoms with Crippen LogP contribution in [0.4, 0.5) is 0 Å². The van der Waals surface area contributed by atoms with Crippen LogP contribution in [0.1, 0.15) is 159 Å². The Morgan fingerprint density at radius 3 is 1.49 bits per heavy atom. The number of aromatic nitrogens is 2. The molecule has 0 radical (unpaired) electrons. The molecular formula is C57H70N2O2. The molecule has 0 fully saturated rings. The van der Waals surface area contributed by atoms with Crippen molar-refractivity contribution < 1.29 is 4.79 Å². The first-order chi connectivity index (χ1) is 30.1. The number of pyridine rings is 1. The van der Waals surface area contributed by atoms with Gasteiger partial charge in [-0.15, -0.1) is 0 Å². The molecule has 3 heterocycles. The normalized spacial score (nSPS) is 12.4. The lowest BCUT2D eigenvalue weighted by Gasteiger charge is -2.10. The van der Waals surface area contributed by atoms with Gasteiger partial charge in [-0.3, -0.25) is 14.0 Å². The SMILES string of the molecule is CCCCCCCCCCCCc1ccc(/C(C=O)=c2\c3ccccc3n3c(=O)c(-c4ccc(CCCCCCCCCCCC)cc4)c4c5ccccc5n(C)c4c23)cc1. The summed E-state index contributed by atoms with van der Waals surface area (Å²) in [4.78, 5) is 28.7. The Morgan fingerprint density at radius 2 is 0.967 bits per heavy atom. The highest BCUT2D eigenvalue weighted by Gasteiger charge is 2.25. The Morgan fingerprint density at radius 1 is 0.508 bits per heavy atom. The molecule has 0 aliphatic heterocycles. The summed E-state index contributed by atoms with van der Waals surface area (Å²) >= 11 is 0. The topological polar surface area (TPSA) is 43.5 Å². The molecule has 7 rings (SSSR count). The van der Waals surface area contributed by atoms with E-state index in [4.69, 9.17) is 0 Å². The van der Waals surface area contributed by atoms with E-state index in [0.717, 1.165) is 73.7 Å². The second kappa shape index (κ2) is 22.2. The van der Waals surface area contributed by atoms with Gasteiger partial charge < -0.3 is 4.57 Å². The second-order valence-electron chi connectivity index (χ2n) is 17.8. The predicted octanol–water partition coefficient (Wildman–Crippen LogP) is 14.8. The number of fused-ring (bicyclic) bond motifs is 7. The van der Waals surface area contributed by atoms with Gasteiger partial charge in [-0.2, -0.15) is 0 Å². The molecule has 0 aliphatic rings. The van der Waals surface area contributed by atoms with Gasteiger partial charge in [0.05, 0.1) is 22.1 Å².